The average Bonchev–Trinajstić information content (AvgIpc) is 2.72. The molecule has 0 saturated heterocycles. The Hall–Kier alpha value is -1.43. The maximum absolute atomic E-state index is 11.3. The SMILES string of the molecule is Cc1cc(NCC(C)S(C)=O)n2ncnc2c1. The van der Waals surface area contributed by atoms with Crippen LogP contribution in [0, 0.1) is 6.92 Å². The molecule has 2 heterocycles. The minimum absolute atomic E-state index is 0.106. The lowest BCUT2D eigenvalue weighted by Crippen LogP contribution is -2.21. The highest BCUT2D eigenvalue weighted by molar-refractivity contribution is 7.84. The van der Waals surface area contributed by atoms with Crippen LogP contribution in [0.4, 0.5) is 5.82 Å². The topological polar surface area (TPSA) is 59.3 Å². The van der Waals surface area contributed by atoms with Crippen molar-refractivity contribution in [1.29, 1.82) is 0 Å². The smallest absolute Gasteiger partial charge is 0.157 e. The fraction of sp³-hybridized carbons (Fsp3) is 0.455. The van der Waals surface area contributed by atoms with Gasteiger partial charge < -0.3 is 5.32 Å². The summed E-state index contributed by atoms with van der Waals surface area (Å²) in [5.41, 5.74) is 1.94. The molecular formula is C11H16N4OS. The standard InChI is InChI=1S/C11H16N4OS/c1-8-4-10(12-6-9(2)17(3)16)15-11(5-8)13-7-14-15/h4-5,7,9,12H,6H2,1-3H3. The van der Waals surface area contributed by atoms with Crippen molar-refractivity contribution in [1.82, 2.24) is 14.6 Å². The minimum atomic E-state index is -0.821. The largest absolute Gasteiger partial charge is 0.369 e. The molecule has 0 aliphatic rings. The van der Waals surface area contributed by atoms with Gasteiger partial charge in [0.2, 0.25) is 0 Å². The Morgan fingerprint density at radius 1 is 1.53 bits per heavy atom. The van der Waals surface area contributed by atoms with Crippen molar-refractivity contribution in [2.24, 2.45) is 0 Å². The van der Waals surface area contributed by atoms with Gasteiger partial charge in [0.1, 0.15) is 12.1 Å². The summed E-state index contributed by atoms with van der Waals surface area (Å²) in [6.45, 7) is 4.63. The van der Waals surface area contributed by atoms with Crippen LogP contribution < -0.4 is 5.32 Å². The predicted molar refractivity (Wildman–Crippen MR) is 69.7 cm³/mol. The molecule has 0 saturated carbocycles. The molecule has 0 radical (unpaired) electrons. The van der Waals surface area contributed by atoms with Gasteiger partial charge in [-0.05, 0) is 31.5 Å². The number of nitrogens with zero attached hydrogens (tertiary/aromatic N) is 3. The predicted octanol–water partition coefficient (Wildman–Crippen LogP) is 1.22. The van der Waals surface area contributed by atoms with Crippen LogP contribution >= 0.6 is 0 Å². The van der Waals surface area contributed by atoms with Crippen LogP contribution in [-0.2, 0) is 10.8 Å². The number of aryl methyl sites for hydroxylation is 1. The molecule has 2 unspecified atom stereocenters. The van der Waals surface area contributed by atoms with Crippen LogP contribution in [0.2, 0.25) is 0 Å². The summed E-state index contributed by atoms with van der Waals surface area (Å²) in [6.07, 6.45) is 3.25. The van der Waals surface area contributed by atoms with Gasteiger partial charge in [-0.15, -0.1) is 0 Å². The van der Waals surface area contributed by atoms with Crippen molar-refractivity contribution in [3.05, 3.63) is 24.0 Å². The number of fused-ring (bicyclic) bond motifs is 1. The van der Waals surface area contributed by atoms with Gasteiger partial charge in [0.15, 0.2) is 5.65 Å². The van der Waals surface area contributed by atoms with Crippen LogP contribution in [0.15, 0.2) is 18.5 Å². The highest BCUT2D eigenvalue weighted by atomic mass is 32.2. The van der Waals surface area contributed by atoms with E-state index >= 15 is 0 Å². The first kappa shape index (κ1) is 12.0. The second kappa shape index (κ2) is 4.83. The molecule has 0 aliphatic heterocycles. The molecule has 0 amide bonds. The number of anilines is 1. The van der Waals surface area contributed by atoms with E-state index in [1.807, 2.05) is 26.0 Å². The van der Waals surface area contributed by atoms with E-state index in [-0.39, 0.29) is 5.25 Å². The molecular weight excluding hydrogens is 236 g/mol. The van der Waals surface area contributed by atoms with Crippen molar-refractivity contribution in [2.45, 2.75) is 19.1 Å². The third kappa shape index (κ3) is 2.63. The van der Waals surface area contributed by atoms with Crippen molar-refractivity contribution in [3.8, 4) is 0 Å². The molecule has 2 rings (SSSR count). The van der Waals surface area contributed by atoms with Crippen LogP contribution in [0.25, 0.3) is 5.65 Å². The third-order valence-corrected chi connectivity index (χ3v) is 3.96. The van der Waals surface area contributed by atoms with Gasteiger partial charge in [0.05, 0.1) is 0 Å². The molecule has 0 aromatic carbocycles. The molecule has 0 fully saturated rings. The van der Waals surface area contributed by atoms with Gasteiger partial charge in [0.25, 0.3) is 0 Å². The van der Waals surface area contributed by atoms with Crippen LogP contribution in [-0.4, -0.2) is 36.9 Å². The van der Waals surface area contributed by atoms with Gasteiger partial charge in [-0.2, -0.15) is 9.61 Å². The summed E-state index contributed by atoms with van der Waals surface area (Å²) in [6, 6.07) is 3.98. The molecule has 92 valence electrons. The van der Waals surface area contributed by atoms with E-state index in [0.29, 0.717) is 6.54 Å². The van der Waals surface area contributed by atoms with Crippen molar-refractivity contribution in [3.63, 3.8) is 0 Å². The molecule has 17 heavy (non-hydrogen) atoms. The lowest BCUT2D eigenvalue weighted by molar-refractivity contribution is 0.678. The van der Waals surface area contributed by atoms with Gasteiger partial charge in [0, 0.05) is 28.9 Å². The quantitative estimate of drug-likeness (QED) is 0.888. The monoisotopic (exact) mass is 252 g/mol. The van der Waals surface area contributed by atoms with Crippen molar-refractivity contribution < 1.29 is 4.21 Å². The number of rotatable bonds is 4. The Labute approximate surface area is 103 Å². The Kier molecular flexibility index (Phi) is 3.42. The van der Waals surface area contributed by atoms with Crippen molar-refractivity contribution in [2.75, 3.05) is 18.1 Å². The fourth-order valence-electron chi connectivity index (χ4n) is 1.55. The van der Waals surface area contributed by atoms with E-state index < -0.39 is 10.8 Å². The van der Waals surface area contributed by atoms with Crippen LogP contribution in [0.1, 0.15) is 12.5 Å². The highest BCUT2D eigenvalue weighted by Gasteiger charge is 2.08. The van der Waals surface area contributed by atoms with Gasteiger partial charge >= 0.3 is 0 Å². The molecule has 0 aliphatic carbocycles. The minimum Gasteiger partial charge on any atom is -0.369 e. The van der Waals surface area contributed by atoms with E-state index in [0.717, 1.165) is 17.0 Å². The Bertz CT molecular complexity index is 551. The molecule has 0 bridgehead atoms. The first-order valence-electron chi connectivity index (χ1n) is 5.44. The van der Waals surface area contributed by atoms with E-state index in [2.05, 4.69) is 15.4 Å². The summed E-state index contributed by atoms with van der Waals surface area (Å²) in [4.78, 5) is 4.15. The second-order valence-corrected chi connectivity index (χ2v) is 5.94. The first-order valence-corrected chi connectivity index (χ1v) is 7.06. The zero-order valence-electron chi connectivity index (χ0n) is 10.2. The fourth-order valence-corrected chi connectivity index (χ4v) is 1.87. The van der Waals surface area contributed by atoms with Gasteiger partial charge in [-0.25, -0.2) is 4.98 Å². The number of nitrogens with one attached hydrogen (secondary N) is 1. The second-order valence-electron chi connectivity index (χ2n) is 4.14. The average molecular weight is 252 g/mol. The lowest BCUT2D eigenvalue weighted by atomic mass is 10.3. The molecule has 6 heteroatoms. The molecule has 5 nitrogen and oxygen atoms in total. The van der Waals surface area contributed by atoms with Crippen LogP contribution in [0.5, 0.6) is 0 Å². The zero-order valence-corrected chi connectivity index (χ0v) is 11.0. The Balaban J connectivity index is 2.23. The zero-order chi connectivity index (χ0) is 12.4. The summed E-state index contributed by atoms with van der Waals surface area (Å²) < 4.78 is 13.0. The maximum atomic E-state index is 11.3. The number of hydrogen-bond donors (Lipinski definition) is 1. The molecule has 0 spiro atoms. The summed E-state index contributed by atoms with van der Waals surface area (Å²) >= 11 is 0. The summed E-state index contributed by atoms with van der Waals surface area (Å²) in [5.74, 6) is 0.884. The van der Waals surface area contributed by atoms with E-state index in [4.69, 9.17) is 0 Å². The molecule has 2 aromatic heterocycles. The normalized spacial score (nSPS) is 14.8. The molecule has 2 aromatic rings. The Morgan fingerprint density at radius 2 is 2.29 bits per heavy atom. The summed E-state index contributed by atoms with van der Waals surface area (Å²) in [7, 11) is -0.821. The Morgan fingerprint density at radius 3 is 3.00 bits per heavy atom. The van der Waals surface area contributed by atoms with Crippen LogP contribution in [0.3, 0.4) is 0 Å². The summed E-state index contributed by atoms with van der Waals surface area (Å²) in [5, 5.41) is 7.52. The highest BCUT2D eigenvalue weighted by Crippen LogP contribution is 2.13. The molecule has 2 atom stereocenters. The van der Waals surface area contributed by atoms with Gasteiger partial charge in [-0.1, -0.05) is 0 Å². The maximum Gasteiger partial charge on any atom is 0.157 e. The third-order valence-electron chi connectivity index (χ3n) is 2.66. The van der Waals surface area contributed by atoms with E-state index in [1.54, 1.807) is 10.8 Å². The van der Waals surface area contributed by atoms with Crippen molar-refractivity contribution >= 4 is 22.3 Å². The number of pyridine rings is 1. The number of aromatic nitrogens is 3. The number of hydrogen-bond acceptors (Lipinski definition) is 4. The van der Waals surface area contributed by atoms with Gasteiger partial charge in [-0.3, -0.25) is 4.21 Å². The lowest BCUT2D eigenvalue weighted by Gasteiger charge is -2.12. The molecule has 1 N–H and O–H groups in total. The van der Waals surface area contributed by atoms with E-state index in [1.165, 1.54) is 6.33 Å². The first-order chi connectivity index (χ1) is 8.08. The van der Waals surface area contributed by atoms with E-state index in [9.17, 15) is 4.21 Å².